The topological polar surface area (TPSA) is 146 Å². The van der Waals surface area contributed by atoms with Crippen LogP contribution >= 0.6 is 0 Å². The summed E-state index contributed by atoms with van der Waals surface area (Å²) in [4.78, 5) is 11.0. The second-order valence-electron chi connectivity index (χ2n) is 2.71. The smallest absolute Gasteiger partial charge is 0.378 e. The lowest BCUT2D eigenvalue weighted by atomic mass is 10.2. The van der Waals surface area contributed by atoms with Crippen LogP contribution in [0.5, 0.6) is 0 Å². The third-order valence-corrected chi connectivity index (χ3v) is 2.37. The molecule has 98 valence electrons. The molecule has 17 heavy (non-hydrogen) atoms. The zero-order chi connectivity index (χ0) is 13.0. The van der Waals surface area contributed by atoms with Crippen LogP contribution in [0.15, 0.2) is 11.5 Å². The van der Waals surface area contributed by atoms with E-state index in [9.17, 15) is 18.8 Å². The molecule has 0 aliphatic carbocycles. The van der Waals surface area contributed by atoms with Crippen LogP contribution < -0.4 is 4.66 Å². The van der Waals surface area contributed by atoms with Crippen LogP contribution in [-0.4, -0.2) is 43.8 Å². The molecule has 0 bridgehead atoms. The van der Waals surface area contributed by atoms with Crippen molar-refractivity contribution in [2.75, 3.05) is 6.61 Å². The molecule has 1 aliphatic rings. The minimum absolute atomic E-state index is 0.0966. The molecular weight excluding hydrogens is 284 g/mol. The zero-order valence-electron chi connectivity index (χ0n) is 7.94. The molecule has 9 nitrogen and oxygen atoms in total. The summed E-state index contributed by atoms with van der Waals surface area (Å²) in [5, 5.41) is 18.1. The average molecular weight is 291 g/mol. The van der Waals surface area contributed by atoms with Crippen molar-refractivity contribution in [3.05, 3.63) is 11.5 Å². The van der Waals surface area contributed by atoms with Crippen LogP contribution in [0, 0.1) is 11.3 Å². The molecule has 0 spiro atoms. The highest BCUT2D eigenvalue weighted by Crippen LogP contribution is 2.26. The fourth-order valence-corrected chi connectivity index (χ4v) is 1.66. The fourth-order valence-electron chi connectivity index (χ4n) is 1.09. The second kappa shape index (κ2) is 6.14. The Labute approximate surface area is 101 Å². The van der Waals surface area contributed by atoms with E-state index < -0.39 is 47.7 Å². The van der Waals surface area contributed by atoms with Crippen LogP contribution in [0.1, 0.15) is 0 Å². The number of aliphatic hydroxyl groups excluding tert-OH is 2. The number of carbonyl (C=O) groups is 1. The van der Waals surface area contributed by atoms with Gasteiger partial charge in [-0.25, -0.2) is 4.79 Å². The predicted octanol–water partition coefficient (Wildman–Crippen LogP) is -2.51. The van der Waals surface area contributed by atoms with E-state index in [0.29, 0.717) is 0 Å². The van der Waals surface area contributed by atoms with Gasteiger partial charge in [0.1, 0.15) is 0 Å². The lowest BCUT2D eigenvalue weighted by Gasteiger charge is -2.16. The summed E-state index contributed by atoms with van der Waals surface area (Å²) >= 11 is -2.71. The van der Waals surface area contributed by atoms with Gasteiger partial charge in [-0.05, 0) is 0 Å². The average Bonchev–Trinajstić information content (AvgIpc) is 2.53. The molecule has 1 rings (SSSR count). The van der Waals surface area contributed by atoms with Crippen LogP contribution in [0.25, 0.3) is 0 Å². The molecule has 11 heteroatoms. The Hall–Kier alpha value is -0.910. The maximum atomic E-state index is 11.0. The molecule has 3 N–H and O–H groups in total. The fraction of sp³-hybridized carbons (Fsp3) is 0.500. The van der Waals surface area contributed by atoms with E-state index in [1.165, 1.54) is 0 Å². The van der Waals surface area contributed by atoms with Crippen LogP contribution in [0.2, 0.25) is 0 Å². The zero-order valence-corrected chi connectivity index (χ0v) is 9.51. The van der Waals surface area contributed by atoms with E-state index in [0.717, 1.165) is 0 Å². The largest absolute Gasteiger partial charge is 0.506 e. The van der Waals surface area contributed by atoms with Gasteiger partial charge in [0.25, 0.3) is 0 Å². The van der Waals surface area contributed by atoms with Crippen molar-refractivity contribution in [3.63, 3.8) is 0 Å². The monoisotopic (exact) mass is 290 g/mol. The Bertz CT molecular complexity index is 355. The first-order valence-corrected chi connectivity index (χ1v) is 5.63. The minimum atomic E-state index is -2.81. The SMILES string of the molecule is O=C1O[C@H]([C@H](CO)O[Cl+][O-])C(OS(=O)O)=C1O. The van der Waals surface area contributed by atoms with Crippen LogP contribution in [-0.2, 0) is 29.4 Å². The van der Waals surface area contributed by atoms with Crippen molar-refractivity contribution in [2.45, 2.75) is 12.2 Å². The number of rotatable bonds is 6. The van der Waals surface area contributed by atoms with E-state index in [-0.39, 0.29) is 11.3 Å². The molecule has 0 aromatic rings. The maximum absolute atomic E-state index is 11.0. The van der Waals surface area contributed by atoms with E-state index in [1.807, 2.05) is 0 Å². The van der Waals surface area contributed by atoms with Gasteiger partial charge in [0.05, 0.1) is 6.61 Å². The summed E-state index contributed by atoms with van der Waals surface area (Å²) in [6.45, 7) is -0.745. The molecular formula is C6H7ClO9S. The highest BCUT2D eigenvalue weighted by atomic mass is 35.6. The number of ether oxygens (including phenoxy) is 1. The molecule has 0 saturated heterocycles. The van der Waals surface area contributed by atoms with Crippen molar-refractivity contribution >= 4 is 17.3 Å². The third-order valence-electron chi connectivity index (χ3n) is 1.75. The van der Waals surface area contributed by atoms with Crippen LogP contribution in [0.3, 0.4) is 0 Å². The molecule has 1 heterocycles. The van der Waals surface area contributed by atoms with E-state index in [4.69, 9.17) is 9.66 Å². The van der Waals surface area contributed by atoms with Gasteiger partial charge in [0, 0.05) is 0 Å². The van der Waals surface area contributed by atoms with Gasteiger partial charge >= 0.3 is 28.7 Å². The first kappa shape index (κ1) is 14.2. The minimum Gasteiger partial charge on any atom is -0.506 e. The van der Waals surface area contributed by atoms with Gasteiger partial charge in [-0.15, -0.1) is 0 Å². The number of esters is 1. The normalized spacial score (nSPS) is 23.5. The molecule has 0 fully saturated rings. The highest BCUT2D eigenvalue weighted by Gasteiger charge is 2.44. The Kier molecular flexibility index (Phi) is 5.11. The molecule has 0 amide bonds. The predicted molar refractivity (Wildman–Crippen MR) is 43.3 cm³/mol. The van der Waals surface area contributed by atoms with Crippen molar-refractivity contribution in [1.29, 1.82) is 0 Å². The lowest BCUT2D eigenvalue weighted by molar-refractivity contribution is -1.27. The van der Waals surface area contributed by atoms with Gasteiger partial charge in [-0.2, -0.15) is 4.21 Å². The number of hydrogen-bond acceptors (Lipinski definition) is 8. The number of carbonyl (C=O) groups excluding carboxylic acids is 1. The standard InChI is InChI=1S/C6H7ClO9S/c8-1-2(15-7-11)4-5(16-17(12)13)3(9)6(10)14-4/h2,4,8-9H,1H2,(H,12,13)/t2-,4+/m0/s1. The molecule has 0 radical (unpaired) electrons. The van der Waals surface area contributed by atoms with Crippen molar-refractivity contribution in [1.82, 2.24) is 0 Å². The summed E-state index contributed by atoms with van der Waals surface area (Å²) in [5.41, 5.74) is 0. The third kappa shape index (κ3) is 3.28. The van der Waals surface area contributed by atoms with E-state index in [2.05, 4.69) is 13.2 Å². The van der Waals surface area contributed by atoms with Crippen molar-refractivity contribution < 1.29 is 53.0 Å². The number of halogens is 1. The van der Waals surface area contributed by atoms with Gasteiger partial charge < -0.3 is 23.8 Å². The molecule has 0 aromatic carbocycles. The van der Waals surface area contributed by atoms with Crippen molar-refractivity contribution in [3.8, 4) is 0 Å². The lowest BCUT2D eigenvalue weighted by Crippen LogP contribution is -2.36. The summed E-state index contributed by atoms with van der Waals surface area (Å²) < 4.78 is 42.1. The Morgan fingerprint density at radius 2 is 2.29 bits per heavy atom. The summed E-state index contributed by atoms with van der Waals surface area (Å²) in [6, 6.07) is 0. The first-order valence-electron chi connectivity index (χ1n) is 3.98. The molecule has 0 aromatic heterocycles. The molecule has 1 aliphatic heterocycles. The number of aliphatic hydroxyl groups is 2. The molecule has 3 atom stereocenters. The highest BCUT2D eigenvalue weighted by molar-refractivity contribution is 7.74. The number of cyclic esters (lactones) is 1. The maximum Gasteiger partial charge on any atom is 0.378 e. The van der Waals surface area contributed by atoms with E-state index in [1.54, 1.807) is 0 Å². The quantitative estimate of drug-likeness (QED) is 0.356. The summed E-state index contributed by atoms with van der Waals surface area (Å²) in [5.74, 6) is -2.93. The Morgan fingerprint density at radius 1 is 1.65 bits per heavy atom. The molecule has 0 saturated carbocycles. The van der Waals surface area contributed by atoms with Gasteiger partial charge in [-0.1, -0.05) is 4.29 Å². The molecule has 1 unspecified atom stereocenters. The Balaban J connectivity index is 2.91. The van der Waals surface area contributed by atoms with Gasteiger partial charge in [0.15, 0.2) is 12.2 Å². The first-order chi connectivity index (χ1) is 8.01. The summed E-state index contributed by atoms with van der Waals surface area (Å²) in [6.07, 6.45) is -2.84. The van der Waals surface area contributed by atoms with Crippen molar-refractivity contribution in [2.24, 2.45) is 0 Å². The van der Waals surface area contributed by atoms with Crippen LogP contribution in [0.4, 0.5) is 0 Å². The van der Waals surface area contributed by atoms with E-state index >= 15 is 0 Å². The second-order valence-corrected chi connectivity index (χ2v) is 3.62. The Morgan fingerprint density at radius 3 is 2.76 bits per heavy atom. The number of hydrogen-bond donors (Lipinski definition) is 3. The van der Waals surface area contributed by atoms with Gasteiger partial charge in [-0.3, -0.25) is 4.55 Å². The summed E-state index contributed by atoms with van der Waals surface area (Å²) in [7, 11) is 0. The van der Waals surface area contributed by atoms with Gasteiger partial charge in [0.2, 0.25) is 11.5 Å².